The SMILES string of the molecule is CCC(CC)N(C)CCCC(C)(O)CN. The average Bonchev–Trinajstić information content (AvgIpc) is 2.19. The van der Waals surface area contributed by atoms with E-state index in [1.807, 2.05) is 6.92 Å². The van der Waals surface area contributed by atoms with Crippen LogP contribution in [0.3, 0.4) is 0 Å². The van der Waals surface area contributed by atoms with Crippen LogP contribution in [0.1, 0.15) is 46.5 Å². The van der Waals surface area contributed by atoms with Crippen molar-refractivity contribution in [2.45, 2.75) is 58.1 Å². The number of aliphatic hydroxyl groups is 1. The summed E-state index contributed by atoms with van der Waals surface area (Å²) in [4.78, 5) is 2.38. The lowest BCUT2D eigenvalue weighted by atomic mass is 10.00. The standard InChI is InChI=1S/C12H28N2O/c1-5-11(6-2)14(4)9-7-8-12(3,15)10-13/h11,15H,5-10,13H2,1-4H3. The summed E-state index contributed by atoms with van der Waals surface area (Å²) in [6.45, 7) is 7.65. The second kappa shape index (κ2) is 7.20. The number of hydrogen-bond donors (Lipinski definition) is 2. The summed E-state index contributed by atoms with van der Waals surface area (Å²) in [5.41, 5.74) is 4.79. The van der Waals surface area contributed by atoms with E-state index in [0.29, 0.717) is 12.6 Å². The van der Waals surface area contributed by atoms with Crippen molar-refractivity contribution < 1.29 is 5.11 Å². The number of nitrogens with two attached hydrogens (primary N) is 1. The quantitative estimate of drug-likeness (QED) is 0.648. The maximum absolute atomic E-state index is 9.75. The van der Waals surface area contributed by atoms with Gasteiger partial charge in [-0.2, -0.15) is 0 Å². The molecule has 0 aliphatic carbocycles. The van der Waals surface area contributed by atoms with Gasteiger partial charge in [0.1, 0.15) is 0 Å². The lowest BCUT2D eigenvalue weighted by molar-refractivity contribution is 0.0536. The van der Waals surface area contributed by atoms with Crippen molar-refractivity contribution in [2.24, 2.45) is 5.73 Å². The highest BCUT2D eigenvalue weighted by molar-refractivity contribution is 4.74. The van der Waals surface area contributed by atoms with E-state index in [1.54, 1.807) is 0 Å². The van der Waals surface area contributed by atoms with Crippen LogP contribution >= 0.6 is 0 Å². The topological polar surface area (TPSA) is 49.5 Å². The van der Waals surface area contributed by atoms with Crippen molar-refractivity contribution in [2.75, 3.05) is 20.1 Å². The van der Waals surface area contributed by atoms with Crippen molar-refractivity contribution in [3.8, 4) is 0 Å². The summed E-state index contributed by atoms with van der Waals surface area (Å²) in [6, 6.07) is 0.674. The molecule has 0 rings (SSSR count). The Bertz CT molecular complexity index is 156. The first-order valence-electron chi connectivity index (χ1n) is 6.09. The monoisotopic (exact) mass is 216 g/mol. The fourth-order valence-electron chi connectivity index (χ4n) is 1.91. The van der Waals surface area contributed by atoms with Gasteiger partial charge in [-0.15, -0.1) is 0 Å². The Kier molecular flexibility index (Phi) is 7.14. The Labute approximate surface area is 94.6 Å². The Morgan fingerprint density at radius 3 is 2.27 bits per heavy atom. The highest BCUT2D eigenvalue weighted by Gasteiger charge is 2.18. The molecule has 3 N–H and O–H groups in total. The normalized spacial score (nSPS) is 16.0. The molecule has 3 heteroatoms. The second-order valence-electron chi connectivity index (χ2n) is 4.76. The number of hydrogen-bond acceptors (Lipinski definition) is 3. The molecule has 0 aromatic carbocycles. The minimum absolute atomic E-state index is 0.349. The van der Waals surface area contributed by atoms with Crippen molar-refractivity contribution >= 4 is 0 Å². The zero-order chi connectivity index (χ0) is 11.9. The minimum Gasteiger partial charge on any atom is -0.389 e. The third kappa shape index (κ3) is 6.13. The molecule has 0 saturated carbocycles. The van der Waals surface area contributed by atoms with Crippen LogP contribution in [0.4, 0.5) is 0 Å². The summed E-state index contributed by atoms with van der Waals surface area (Å²) in [6.07, 6.45) is 4.19. The molecule has 0 spiro atoms. The van der Waals surface area contributed by atoms with E-state index in [0.717, 1.165) is 19.4 Å². The average molecular weight is 216 g/mol. The zero-order valence-corrected chi connectivity index (χ0v) is 10.8. The van der Waals surface area contributed by atoms with Crippen LogP contribution in [-0.2, 0) is 0 Å². The maximum atomic E-state index is 9.75. The molecule has 0 heterocycles. The Hall–Kier alpha value is -0.120. The van der Waals surface area contributed by atoms with E-state index in [9.17, 15) is 5.11 Å². The van der Waals surface area contributed by atoms with Crippen molar-refractivity contribution in [1.82, 2.24) is 4.90 Å². The Morgan fingerprint density at radius 1 is 1.33 bits per heavy atom. The molecule has 0 aromatic heterocycles. The molecule has 1 atom stereocenters. The molecule has 1 unspecified atom stereocenters. The molecule has 0 aromatic rings. The van der Waals surface area contributed by atoms with Crippen molar-refractivity contribution in [3.63, 3.8) is 0 Å². The molecule has 0 bridgehead atoms. The zero-order valence-electron chi connectivity index (χ0n) is 10.8. The molecule has 15 heavy (non-hydrogen) atoms. The molecule has 0 fully saturated rings. The minimum atomic E-state index is -0.686. The summed E-state index contributed by atoms with van der Waals surface area (Å²) in [7, 11) is 2.16. The van der Waals surface area contributed by atoms with Crippen LogP contribution in [0.25, 0.3) is 0 Å². The van der Waals surface area contributed by atoms with Gasteiger partial charge in [0.2, 0.25) is 0 Å². The lowest BCUT2D eigenvalue weighted by Gasteiger charge is -2.28. The van der Waals surface area contributed by atoms with Gasteiger partial charge in [-0.3, -0.25) is 0 Å². The van der Waals surface area contributed by atoms with Gasteiger partial charge in [-0.25, -0.2) is 0 Å². The van der Waals surface area contributed by atoms with Gasteiger partial charge in [0.25, 0.3) is 0 Å². The summed E-state index contributed by atoms with van der Waals surface area (Å²) >= 11 is 0. The van der Waals surface area contributed by atoms with E-state index >= 15 is 0 Å². The maximum Gasteiger partial charge on any atom is 0.0741 e. The number of rotatable bonds is 8. The largest absolute Gasteiger partial charge is 0.389 e. The van der Waals surface area contributed by atoms with Gasteiger partial charge >= 0.3 is 0 Å². The highest BCUT2D eigenvalue weighted by Crippen LogP contribution is 2.12. The Morgan fingerprint density at radius 2 is 1.87 bits per heavy atom. The Balaban J connectivity index is 3.76. The van der Waals surface area contributed by atoms with Crippen molar-refractivity contribution in [1.29, 1.82) is 0 Å². The first-order chi connectivity index (χ1) is 6.96. The smallest absolute Gasteiger partial charge is 0.0741 e. The van der Waals surface area contributed by atoms with Gasteiger partial charge < -0.3 is 15.7 Å². The van der Waals surface area contributed by atoms with Crippen LogP contribution in [0.5, 0.6) is 0 Å². The molecule has 0 aliphatic rings. The third-order valence-electron chi connectivity index (χ3n) is 3.23. The molecular formula is C12H28N2O. The lowest BCUT2D eigenvalue weighted by Crippen LogP contribution is -2.36. The first-order valence-corrected chi connectivity index (χ1v) is 6.09. The first kappa shape index (κ1) is 14.9. The van der Waals surface area contributed by atoms with E-state index < -0.39 is 5.60 Å². The van der Waals surface area contributed by atoms with E-state index in [1.165, 1.54) is 12.8 Å². The highest BCUT2D eigenvalue weighted by atomic mass is 16.3. The predicted octanol–water partition coefficient (Wildman–Crippen LogP) is 1.60. The molecule has 0 saturated heterocycles. The fourth-order valence-corrected chi connectivity index (χ4v) is 1.91. The van der Waals surface area contributed by atoms with Crippen LogP contribution in [0.2, 0.25) is 0 Å². The van der Waals surface area contributed by atoms with Gasteiger partial charge in [0.05, 0.1) is 5.60 Å². The molecule has 3 nitrogen and oxygen atoms in total. The third-order valence-corrected chi connectivity index (χ3v) is 3.23. The summed E-state index contributed by atoms with van der Waals surface area (Å²) < 4.78 is 0. The molecule has 92 valence electrons. The van der Waals surface area contributed by atoms with Gasteiger partial charge in [-0.1, -0.05) is 13.8 Å². The van der Waals surface area contributed by atoms with Crippen LogP contribution < -0.4 is 5.73 Å². The van der Waals surface area contributed by atoms with E-state index in [4.69, 9.17) is 5.73 Å². The second-order valence-corrected chi connectivity index (χ2v) is 4.76. The van der Waals surface area contributed by atoms with Gasteiger partial charge in [-0.05, 0) is 46.2 Å². The summed E-state index contributed by atoms with van der Waals surface area (Å²) in [5.74, 6) is 0. The molecule has 0 radical (unpaired) electrons. The molecule has 0 amide bonds. The van der Waals surface area contributed by atoms with Crippen LogP contribution in [0.15, 0.2) is 0 Å². The van der Waals surface area contributed by atoms with E-state index in [2.05, 4.69) is 25.8 Å². The predicted molar refractivity (Wildman–Crippen MR) is 65.9 cm³/mol. The van der Waals surface area contributed by atoms with E-state index in [-0.39, 0.29) is 0 Å². The molecular weight excluding hydrogens is 188 g/mol. The van der Waals surface area contributed by atoms with Crippen LogP contribution in [0, 0.1) is 0 Å². The van der Waals surface area contributed by atoms with Crippen LogP contribution in [-0.4, -0.2) is 41.8 Å². The van der Waals surface area contributed by atoms with Crippen molar-refractivity contribution in [3.05, 3.63) is 0 Å². The van der Waals surface area contributed by atoms with Gasteiger partial charge in [0, 0.05) is 12.6 Å². The molecule has 0 aliphatic heterocycles. The fraction of sp³-hybridized carbons (Fsp3) is 1.00. The summed E-state index contributed by atoms with van der Waals surface area (Å²) in [5, 5.41) is 9.75. The number of nitrogens with zero attached hydrogens (tertiary/aromatic N) is 1. The van der Waals surface area contributed by atoms with Gasteiger partial charge in [0.15, 0.2) is 0 Å².